The van der Waals surface area contributed by atoms with Crippen LogP contribution in [-0.2, 0) is 6.54 Å². The summed E-state index contributed by atoms with van der Waals surface area (Å²) in [7, 11) is 1.65. The van der Waals surface area contributed by atoms with Gasteiger partial charge in [0.25, 0.3) is 0 Å². The fourth-order valence-corrected chi connectivity index (χ4v) is 2.54. The molecule has 1 atom stereocenters. The Morgan fingerprint density at radius 3 is 2.65 bits per heavy atom. The van der Waals surface area contributed by atoms with Gasteiger partial charge in [0.15, 0.2) is 11.5 Å². The van der Waals surface area contributed by atoms with Crippen molar-refractivity contribution in [3.8, 4) is 17.2 Å². The lowest BCUT2D eigenvalue weighted by atomic mass is 10.2. The van der Waals surface area contributed by atoms with Gasteiger partial charge in [0.05, 0.1) is 18.9 Å². The SMILES string of the molecule is CCC(C)Oc1cc(CNc2nncn2-c2ccccc2)ccc1OC. The van der Waals surface area contributed by atoms with Crippen LogP contribution in [0.5, 0.6) is 11.5 Å². The maximum atomic E-state index is 5.97. The molecule has 0 aliphatic carbocycles. The summed E-state index contributed by atoms with van der Waals surface area (Å²) in [6, 6.07) is 15.9. The van der Waals surface area contributed by atoms with Crippen LogP contribution in [0.3, 0.4) is 0 Å². The number of para-hydroxylation sites is 1. The Balaban J connectivity index is 1.74. The van der Waals surface area contributed by atoms with Crippen molar-refractivity contribution in [2.75, 3.05) is 12.4 Å². The number of aromatic nitrogens is 3. The highest BCUT2D eigenvalue weighted by Gasteiger charge is 2.10. The molecule has 136 valence electrons. The van der Waals surface area contributed by atoms with E-state index in [9.17, 15) is 0 Å². The summed E-state index contributed by atoms with van der Waals surface area (Å²) >= 11 is 0. The average molecular weight is 352 g/mol. The van der Waals surface area contributed by atoms with E-state index in [4.69, 9.17) is 9.47 Å². The summed E-state index contributed by atoms with van der Waals surface area (Å²) in [5.74, 6) is 2.18. The van der Waals surface area contributed by atoms with Crippen LogP contribution in [0.4, 0.5) is 5.95 Å². The molecule has 3 rings (SSSR count). The Morgan fingerprint density at radius 1 is 1.12 bits per heavy atom. The van der Waals surface area contributed by atoms with E-state index < -0.39 is 0 Å². The van der Waals surface area contributed by atoms with Crippen molar-refractivity contribution in [1.29, 1.82) is 0 Å². The van der Waals surface area contributed by atoms with E-state index in [0.29, 0.717) is 12.5 Å². The molecule has 0 bridgehead atoms. The van der Waals surface area contributed by atoms with Crippen LogP contribution >= 0.6 is 0 Å². The van der Waals surface area contributed by atoms with E-state index in [0.717, 1.165) is 29.2 Å². The second kappa shape index (κ2) is 8.38. The van der Waals surface area contributed by atoms with Crippen LogP contribution in [-0.4, -0.2) is 28.0 Å². The molecular formula is C20H24N4O2. The first-order valence-electron chi connectivity index (χ1n) is 8.74. The topological polar surface area (TPSA) is 61.2 Å². The molecule has 0 aliphatic heterocycles. The predicted octanol–water partition coefficient (Wildman–Crippen LogP) is 4.07. The van der Waals surface area contributed by atoms with Gasteiger partial charge < -0.3 is 14.8 Å². The fraction of sp³-hybridized carbons (Fsp3) is 0.300. The van der Waals surface area contributed by atoms with E-state index in [1.807, 2.05) is 60.0 Å². The fourth-order valence-electron chi connectivity index (χ4n) is 2.54. The van der Waals surface area contributed by atoms with Crippen molar-refractivity contribution < 1.29 is 9.47 Å². The van der Waals surface area contributed by atoms with Crippen molar-refractivity contribution in [3.63, 3.8) is 0 Å². The van der Waals surface area contributed by atoms with Crippen LogP contribution in [0, 0.1) is 0 Å². The van der Waals surface area contributed by atoms with Crippen LogP contribution in [0.2, 0.25) is 0 Å². The maximum Gasteiger partial charge on any atom is 0.229 e. The van der Waals surface area contributed by atoms with Gasteiger partial charge in [-0.3, -0.25) is 4.57 Å². The van der Waals surface area contributed by atoms with Crippen molar-refractivity contribution in [2.45, 2.75) is 32.9 Å². The zero-order valence-electron chi connectivity index (χ0n) is 15.3. The highest BCUT2D eigenvalue weighted by Crippen LogP contribution is 2.29. The first kappa shape index (κ1) is 17.8. The van der Waals surface area contributed by atoms with Crippen molar-refractivity contribution >= 4 is 5.95 Å². The quantitative estimate of drug-likeness (QED) is 0.662. The number of anilines is 1. The number of nitrogens with one attached hydrogen (secondary N) is 1. The second-order valence-electron chi connectivity index (χ2n) is 6.04. The summed E-state index contributed by atoms with van der Waals surface area (Å²) in [6.07, 6.45) is 2.77. The zero-order chi connectivity index (χ0) is 18.4. The van der Waals surface area contributed by atoms with E-state index in [2.05, 4.69) is 22.4 Å². The van der Waals surface area contributed by atoms with Gasteiger partial charge in [-0.15, -0.1) is 10.2 Å². The molecule has 0 saturated heterocycles. The Hall–Kier alpha value is -3.02. The molecule has 0 radical (unpaired) electrons. The molecule has 1 unspecified atom stereocenters. The molecule has 1 heterocycles. The standard InChI is InChI=1S/C20H24N4O2/c1-4-15(2)26-19-12-16(10-11-18(19)25-3)13-21-20-23-22-14-24(20)17-8-6-5-7-9-17/h5-12,14-15H,4,13H2,1-3H3,(H,21,23). The molecule has 26 heavy (non-hydrogen) atoms. The Morgan fingerprint density at radius 2 is 1.92 bits per heavy atom. The molecule has 0 aliphatic rings. The molecule has 1 aromatic heterocycles. The molecule has 0 saturated carbocycles. The van der Waals surface area contributed by atoms with Crippen LogP contribution < -0.4 is 14.8 Å². The zero-order valence-corrected chi connectivity index (χ0v) is 15.3. The minimum absolute atomic E-state index is 0.133. The third-order valence-corrected chi connectivity index (χ3v) is 4.16. The molecule has 1 N–H and O–H groups in total. The first-order chi connectivity index (χ1) is 12.7. The molecule has 0 spiro atoms. The third-order valence-electron chi connectivity index (χ3n) is 4.16. The number of methoxy groups -OCH3 is 1. The lowest BCUT2D eigenvalue weighted by molar-refractivity contribution is 0.207. The van der Waals surface area contributed by atoms with Gasteiger partial charge in [0.2, 0.25) is 5.95 Å². The van der Waals surface area contributed by atoms with Crippen LogP contribution in [0.1, 0.15) is 25.8 Å². The first-order valence-corrected chi connectivity index (χ1v) is 8.74. The Bertz CT molecular complexity index is 833. The van der Waals surface area contributed by atoms with Crippen molar-refractivity contribution in [2.24, 2.45) is 0 Å². The van der Waals surface area contributed by atoms with Gasteiger partial charge in [-0.25, -0.2) is 0 Å². The van der Waals surface area contributed by atoms with Crippen LogP contribution in [0.15, 0.2) is 54.9 Å². The monoisotopic (exact) mass is 352 g/mol. The second-order valence-corrected chi connectivity index (χ2v) is 6.04. The summed E-state index contributed by atoms with van der Waals surface area (Å²) in [4.78, 5) is 0. The van der Waals surface area contributed by atoms with Gasteiger partial charge in [-0.1, -0.05) is 31.2 Å². The summed E-state index contributed by atoms with van der Waals surface area (Å²) in [5.41, 5.74) is 2.09. The minimum Gasteiger partial charge on any atom is -0.493 e. The number of hydrogen-bond donors (Lipinski definition) is 1. The lowest BCUT2D eigenvalue weighted by Gasteiger charge is -2.17. The number of nitrogens with zero attached hydrogens (tertiary/aromatic N) is 3. The lowest BCUT2D eigenvalue weighted by Crippen LogP contribution is -2.11. The van der Waals surface area contributed by atoms with E-state index >= 15 is 0 Å². The Labute approximate surface area is 153 Å². The maximum absolute atomic E-state index is 5.97. The number of hydrogen-bond acceptors (Lipinski definition) is 5. The average Bonchev–Trinajstić information content (AvgIpc) is 3.15. The molecule has 6 heteroatoms. The number of benzene rings is 2. The molecule has 0 fully saturated rings. The molecular weight excluding hydrogens is 328 g/mol. The molecule has 3 aromatic rings. The van der Waals surface area contributed by atoms with Crippen LogP contribution in [0.25, 0.3) is 5.69 Å². The normalized spacial score (nSPS) is 11.8. The number of ether oxygens (including phenoxy) is 2. The van der Waals surface area contributed by atoms with Crippen molar-refractivity contribution in [3.05, 3.63) is 60.4 Å². The highest BCUT2D eigenvalue weighted by atomic mass is 16.5. The summed E-state index contributed by atoms with van der Waals surface area (Å²) in [5, 5.41) is 11.5. The smallest absolute Gasteiger partial charge is 0.229 e. The summed E-state index contributed by atoms with van der Waals surface area (Å²) < 4.78 is 13.3. The van der Waals surface area contributed by atoms with Gasteiger partial charge >= 0.3 is 0 Å². The molecule has 0 amide bonds. The highest BCUT2D eigenvalue weighted by molar-refractivity contribution is 5.45. The van der Waals surface area contributed by atoms with Gasteiger partial charge in [0, 0.05) is 6.54 Å². The minimum atomic E-state index is 0.133. The van der Waals surface area contributed by atoms with Gasteiger partial charge in [0.1, 0.15) is 6.33 Å². The largest absolute Gasteiger partial charge is 0.493 e. The van der Waals surface area contributed by atoms with E-state index in [-0.39, 0.29) is 6.10 Å². The predicted molar refractivity (Wildman–Crippen MR) is 102 cm³/mol. The Kier molecular flexibility index (Phi) is 5.73. The van der Waals surface area contributed by atoms with Crippen molar-refractivity contribution in [1.82, 2.24) is 14.8 Å². The number of rotatable bonds is 8. The van der Waals surface area contributed by atoms with Gasteiger partial charge in [-0.2, -0.15) is 0 Å². The van der Waals surface area contributed by atoms with Gasteiger partial charge in [-0.05, 0) is 43.2 Å². The molecule has 2 aromatic carbocycles. The molecule has 6 nitrogen and oxygen atoms in total. The third kappa shape index (κ3) is 4.14. The summed E-state index contributed by atoms with van der Waals surface area (Å²) in [6.45, 7) is 4.75. The van der Waals surface area contributed by atoms with E-state index in [1.165, 1.54) is 0 Å². The van der Waals surface area contributed by atoms with E-state index in [1.54, 1.807) is 13.4 Å².